The molecule has 1 unspecified atom stereocenters. The minimum atomic E-state index is -0.884. The van der Waals surface area contributed by atoms with Gasteiger partial charge in [-0.05, 0) is 25.0 Å². The first-order valence-electron chi connectivity index (χ1n) is 7.06. The van der Waals surface area contributed by atoms with Gasteiger partial charge in [0.25, 0.3) is 0 Å². The number of ether oxygens (including phenoxy) is 2. The molecular formula is C15H20FNO5. The minimum Gasteiger partial charge on any atom is -0.497 e. The number of esters is 1. The predicted molar refractivity (Wildman–Crippen MR) is 78.0 cm³/mol. The van der Waals surface area contributed by atoms with E-state index in [-0.39, 0.29) is 12.2 Å². The van der Waals surface area contributed by atoms with Crippen molar-refractivity contribution in [3.8, 4) is 5.75 Å². The summed E-state index contributed by atoms with van der Waals surface area (Å²) in [5, 5.41) is 10.9. The van der Waals surface area contributed by atoms with Gasteiger partial charge in [0.15, 0.2) is 0 Å². The molecule has 6 nitrogen and oxygen atoms in total. The molecule has 0 bridgehead atoms. The van der Waals surface area contributed by atoms with Gasteiger partial charge in [-0.15, -0.1) is 0 Å². The monoisotopic (exact) mass is 313 g/mol. The lowest BCUT2D eigenvalue weighted by atomic mass is 9.84. The third-order valence-corrected chi connectivity index (χ3v) is 3.47. The summed E-state index contributed by atoms with van der Waals surface area (Å²) in [6.45, 7) is 3.00. The van der Waals surface area contributed by atoms with Crippen LogP contribution < -0.4 is 4.74 Å². The fraction of sp³-hybridized carbons (Fsp3) is 0.533. The molecule has 1 aromatic rings. The smallest absolute Gasteiger partial charge is 0.309 e. The Balaban J connectivity index is 3.21. The number of carbonyl (C=O) groups is 1. The van der Waals surface area contributed by atoms with Gasteiger partial charge in [0.1, 0.15) is 11.6 Å². The van der Waals surface area contributed by atoms with Crippen LogP contribution in [0.4, 0.5) is 4.39 Å². The van der Waals surface area contributed by atoms with Gasteiger partial charge in [0.05, 0.1) is 25.6 Å². The van der Waals surface area contributed by atoms with Gasteiger partial charge in [-0.25, -0.2) is 4.39 Å². The molecule has 0 aliphatic heterocycles. The van der Waals surface area contributed by atoms with Crippen molar-refractivity contribution in [3.63, 3.8) is 0 Å². The molecular weight excluding hydrogens is 293 g/mol. The third kappa shape index (κ3) is 4.41. The molecule has 0 spiro atoms. The lowest BCUT2D eigenvalue weighted by Gasteiger charge is -2.22. The van der Waals surface area contributed by atoms with Gasteiger partial charge in [-0.2, -0.15) is 0 Å². The highest BCUT2D eigenvalue weighted by Crippen LogP contribution is 2.32. The van der Waals surface area contributed by atoms with Crippen LogP contribution in [0.3, 0.4) is 0 Å². The Morgan fingerprint density at radius 1 is 1.41 bits per heavy atom. The van der Waals surface area contributed by atoms with Crippen LogP contribution in [0.2, 0.25) is 0 Å². The van der Waals surface area contributed by atoms with Gasteiger partial charge >= 0.3 is 5.97 Å². The Hall–Kier alpha value is -2.18. The van der Waals surface area contributed by atoms with E-state index in [2.05, 4.69) is 0 Å². The Kier molecular flexibility index (Phi) is 6.75. The first kappa shape index (κ1) is 17.9. The number of nitro groups is 1. The summed E-state index contributed by atoms with van der Waals surface area (Å²) in [7, 11) is 1.40. The summed E-state index contributed by atoms with van der Waals surface area (Å²) in [4.78, 5) is 22.4. The number of methoxy groups -OCH3 is 1. The molecule has 1 rings (SSSR count). The van der Waals surface area contributed by atoms with Crippen LogP contribution in [-0.2, 0) is 9.53 Å². The van der Waals surface area contributed by atoms with Gasteiger partial charge in [0.2, 0.25) is 6.54 Å². The average molecular weight is 313 g/mol. The van der Waals surface area contributed by atoms with Gasteiger partial charge in [0, 0.05) is 11.0 Å². The molecule has 7 heteroatoms. The van der Waals surface area contributed by atoms with E-state index in [0.717, 1.165) is 6.07 Å². The first-order valence-corrected chi connectivity index (χ1v) is 7.06. The second kappa shape index (κ2) is 8.31. The largest absolute Gasteiger partial charge is 0.497 e. The van der Waals surface area contributed by atoms with Crippen LogP contribution >= 0.6 is 0 Å². The van der Waals surface area contributed by atoms with Crippen molar-refractivity contribution >= 4 is 5.97 Å². The highest BCUT2D eigenvalue weighted by atomic mass is 19.1. The Morgan fingerprint density at radius 2 is 2.09 bits per heavy atom. The van der Waals surface area contributed by atoms with Crippen LogP contribution in [0.5, 0.6) is 5.75 Å². The van der Waals surface area contributed by atoms with E-state index in [4.69, 9.17) is 9.47 Å². The molecule has 0 heterocycles. The number of hydrogen-bond donors (Lipinski definition) is 0. The number of carbonyl (C=O) groups excluding carboxylic acids is 1. The SMILES string of the molecule is CCOC(=O)C(CC)[C@@H](C[N+](=O)[O-])c1ccc(OC)cc1F. The van der Waals surface area contributed by atoms with Crippen molar-refractivity contribution in [2.45, 2.75) is 26.2 Å². The topological polar surface area (TPSA) is 78.7 Å². The zero-order valence-electron chi connectivity index (χ0n) is 12.9. The highest BCUT2D eigenvalue weighted by Gasteiger charge is 2.34. The van der Waals surface area contributed by atoms with Crippen LogP contribution in [0.25, 0.3) is 0 Å². The molecule has 0 amide bonds. The number of rotatable bonds is 8. The number of nitrogens with zero attached hydrogens (tertiary/aromatic N) is 1. The van der Waals surface area contributed by atoms with E-state index in [1.54, 1.807) is 13.8 Å². The second-order valence-electron chi connectivity index (χ2n) is 4.78. The summed E-state index contributed by atoms with van der Waals surface area (Å²) in [6, 6.07) is 4.09. The quantitative estimate of drug-likeness (QED) is 0.419. The molecule has 0 saturated heterocycles. The Labute approximate surface area is 128 Å². The molecule has 22 heavy (non-hydrogen) atoms. The zero-order valence-corrected chi connectivity index (χ0v) is 12.9. The molecule has 0 aromatic heterocycles. The van der Waals surface area contributed by atoms with Gasteiger partial charge in [-0.1, -0.05) is 13.0 Å². The summed E-state index contributed by atoms with van der Waals surface area (Å²) < 4.78 is 24.1. The van der Waals surface area contributed by atoms with E-state index in [9.17, 15) is 19.3 Å². The fourth-order valence-electron chi connectivity index (χ4n) is 2.40. The third-order valence-electron chi connectivity index (χ3n) is 3.47. The molecule has 1 aromatic carbocycles. The van der Waals surface area contributed by atoms with Crippen molar-refractivity contribution in [1.82, 2.24) is 0 Å². The maximum absolute atomic E-state index is 14.2. The lowest BCUT2D eigenvalue weighted by molar-refractivity contribution is -0.484. The fourth-order valence-corrected chi connectivity index (χ4v) is 2.40. The van der Waals surface area contributed by atoms with E-state index >= 15 is 0 Å². The molecule has 2 atom stereocenters. The van der Waals surface area contributed by atoms with E-state index in [1.807, 2.05) is 0 Å². The van der Waals surface area contributed by atoms with Crippen LogP contribution in [-0.4, -0.2) is 31.2 Å². The van der Waals surface area contributed by atoms with Crippen LogP contribution in [0.15, 0.2) is 18.2 Å². The minimum absolute atomic E-state index is 0.123. The first-order chi connectivity index (χ1) is 10.4. The van der Waals surface area contributed by atoms with Crippen molar-refractivity contribution in [3.05, 3.63) is 39.7 Å². The molecule has 0 fully saturated rings. The zero-order chi connectivity index (χ0) is 16.7. The number of benzene rings is 1. The number of halogens is 1. The summed E-state index contributed by atoms with van der Waals surface area (Å²) >= 11 is 0. The molecule has 0 saturated carbocycles. The Morgan fingerprint density at radius 3 is 2.55 bits per heavy atom. The maximum atomic E-state index is 14.2. The van der Waals surface area contributed by atoms with Crippen LogP contribution in [0, 0.1) is 21.8 Å². The van der Waals surface area contributed by atoms with Gasteiger partial charge < -0.3 is 9.47 Å². The molecule has 122 valence electrons. The predicted octanol–water partition coefficient (Wildman–Crippen LogP) is 2.78. The molecule has 0 aliphatic carbocycles. The molecule has 0 N–H and O–H groups in total. The number of hydrogen-bond acceptors (Lipinski definition) is 5. The van der Waals surface area contributed by atoms with Crippen molar-refractivity contribution in [2.75, 3.05) is 20.3 Å². The molecule has 0 radical (unpaired) electrons. The molecule has 0 aliphatic rings. The van der Waals surface area contributed by atoms with Crippen LogP contribution in [0.1, 0.15) is 31.7 Å². The lowest BCUT2D eigenvalue weighted by Crippen LogP contribution is -2.29. The normalized spacial score (nSPS) is 13.3. The average Bonchev–Trinajstić information content (AvgIpc) is 2.46. The summed E-state index contributed by atoms with van der Waals surface area (Å²) in [6.07, 6.45) is 0.322. The standard InChI is InChI=1S/C15H20FNO5/c1-4-11(15(18)22-5-2)13(9-17(19)20)12-7-6-10(21-3)8-14(12)16/h6-8,11,13H,4-5,9H2,1-3H3/t11?,13-/m1/s1. The van der Waals surface area contributed by atoms with Crippen molar-refractivity contribution in [2.24, 2.45) is 5.92 Å². The van der Waals surface area contributed by atoms with Gasteiger partial charge in [-0.3, -0.25) is 14.9 Å². The Bertz CT molecular complexity index is 535. The summed E-state index contributed by atoms with van der Waals surface area (Å²) in [5.74, 6) is -2.52. The van der Waals surface area contributed by atoms with E-state index in [1.165, 1.54) is 19.2 Å². The highest BCUT2D eigenvalue weighted by molar-refractivity contribution is 5.73. The van der Waals surface area contributed by atoms with E-state index in [0.29, 0.717) is 12.2 Å². The van der Waals surface area contributed by atoms with E-state index < -0.39 is 35.1 Å². The second-order valence-corrected chi connectivity index (χ2v) is 4.78. The van der Waals surface area contributed by atoms with Crippen molar-refractivity contribution < 1.29 is 23.6 Å². The summed E-state index contributed by atoms with van der Waals surface area (Å²) in [5.41, 5.74) is 0.123. The maximum Gasteiger partial charge on any atom is 0.309 e. The van der Waals surface area contributed by atoms with Crippen molar-refractivity contribution in [1.29, 1.82) is 0 Å².